The van der Waals surface area contributed by atoms with Gasteiger partial charge in [-0.15, -0.1) is 0 Å². The van der Waals surface area contributed by atoms with Crippen LogP contribution in [-0.4, -0.2) is 24.6 Å². The Kier molecular flexibility index (Phi) is 4.78. The molecule has 5 nitrogen and oxygen atoms in total. The van der Waals surface area contributed by atoms with E-state index >= 15 is 0 Å². The third-order valence-electron chi connectivity index (χ3n) is 3.04. The van der Waals surface area contributed by atoms with Gasteiger partial charge in [0, 0.05) is 4.47 Å². The number of hydrogen-bond donors (Lipinski definition) is 1. The van der Waals surface area contributed by atoms with Crippen LogP contribution in [0.25, 0.3) is 10.2 Å². The lowest BCUT2D eigenvalue weighted by atomic mass is 10.3. The van der Waals surface area contributed by atoms with Gasteiger partial charge in [0.25, 0.3) is 5.91 Å². The van der Waals surface area contributed by atoms with Gasteiger partial charge in [-0.05, 0) is 40.2 Å². The topological polar surface area (TPSA) is 60.5 Å². The molecule has 0 aliphatic heterocycles. The SMILES string of the molecule is COc1ccccc1OCC(=O)Nc1nc2c(Br)cccc2s1. The Labute approximate surface area is 145 Å². The predicted molar refractivity (Wildman–Crippen MR) is 94.4 cm³/mol. The number of amides is 1. The third-order valence-corrected chi connectivity index (χ3v) is 4.62. The molecule has 0 aliphatic carbocycles. The van der Waals surface area contributed by atoms with E-state index < -0.39 is 0 Å². The molecule has 0 fully saturated rings. The summed E-state index contributed by atoms with van der Waals surface area (Å²) >= 11 is 4.86. The zero-order valence-electron chi connectivity index (χ0n) is 12.2. The van der Waals surface area contributed by atoms with E-state index in [2.05, 4.69) is 26.2 Å². The van der Waals surface area contributed by atoms with Crippen LogP contribution < -0.4 is 14.8 Å². The average molecular weight is 393 g/mol. The molecule has 1 aromatic heterocycles. The Morgan fingerprint density at radius 3 is 2.74 bits per heavy atom. The zero-order valence-corrected chi connectivity index (χ0v) is 14.6. The molecule has 3 rings (SSSR count). The minimum absolute atomic E-state index is 0.114. The summed E-state index contributed by atoms with van der Waals surface area (Å²) in [4.78, 5) is 16.4. The van der Waals surface area contributed by atoms with Crippen molar-refractivity contribution in [3.05, 3.63) is 46.9 Å². The summed E-state index contributed by atoms with van der Waals surface area (Å²) < 4.78 is 12.6. The van der Waals surface area contributed by atoms with Crippen LogP contribution in [0.3, 0.4) is 0 Å². The molecule has 118 valence electrons. The number of thiazole rings is 1. The van der Waals surface area contributed by atoms with Crippen LogP contribution in [0.5, 0.6) is 11.5 Å². The van der Waals surface area contributed by atoms with Crippen molar-refractivity contribution in [3.63, 3.8) is 0 Å². The number of fused-ring (bicyclic) bond motifs is 1. The molecule has 0 saturated carbocycles. The number of halogens is 1. The van der Waals surface area contributed by atoms with Gasteiger partial charge in [-0.25, -0.2) is 4.98 Å². The molecule has 1 N–H and O–H groups in total. The molecule has 1 amide bonds. The van der Waals surface area contributed by atoms with Crippen molar-refractivity contribution in [2.45, 2.75) is 0 Å². The fraction of sp³-hybridized carbons (Fsp3) is 0.125. The quantitative estimate of drug-likeness (QED) is 0.710. The maximum Gasteiger partial charge on any atom is 0.264 e. The second-order valence-electron chi connectivity index (χ2n) is 4.59. The molecular formula is C16H13BrN2O3S. The molecule has 0 aliphatic rings. The number of nitrogens with one attached hydrogen (secondary N) is 1. The van der Waals surface area contributed by atoms with Gasteiger partial charge in [0.1, 0.15) is 0 Å². The normalized spacial score (nSPS) is 10.5. The van der Waals surface area contributed by atoms with Gasteiger partial charge in [0.15, 0.2) is 23.2 Å². The number of carbonyl (C=O) groups is 1. The summed E-state index contributed by atoms with van der Waals surface area (Å²) in [5.74, 6) is 0.840. The molecule has 0 bridgehead atoms. The van der Waals surface area contributed by atoms with E-state index in [0.717, 1.165) is 14.7 Å². The number of benzene rings is 2. The van der Waals surface area contributed by atoms with Gasteiger partial charge in [0.05, 0.1) is 17.3 Å². The monoisotopic (exact) mass is 392 g/mol. The van der Waals surface area contributed by atoms with Gasteiger partial charge < -0.3 is 9.47 Å². The zero-order chi connectivity index (χ0) is 16.2. The van der Waals surface area contributed by atoms with Crippen molar-refractivity contribution >= 4 is 48.5 Å². The number of anilines is 1. The van der Waals surface area contributed by atoms with Gasteiger partial charge >= 0.3 is 0 Å². The minimum atomic E-state index is -0.272. The van der Waals surface area contributed by atoms with Gasteiger partial charge in [0.2, 0.25) is 0 Å². The first-order valence-electron chi connectivity index (χ1n) is 6.78. The third kappa shape index (κ3) is 3.62. The summed E-state index contributed by atoms with van der Waals surface area (Å²) in [5, 5.41) is 3.29. The highest BCUT2D eigenvalue weighted by Gasteiger charge is 2.11. The second-order valence-corrected chi connectivity index (χ2v) is 6.48. The first kappa shape index (κ1) is 15.8. The van der Waals surface area contributed by atoms with Crippen LogP contribution in [0.1, 0.15) is 0 Å². The fourth-order valence-electron chi connectivity index (χ4n) is 2.01. The number of aromatic nitrogens is 1. The van der Waals surface area contributed by atoms with Crippen molar-refractivity contribution in [2.24, 2.45) is 0 Å². The number of carbonyl (C=O) groups excluding carboxylic acids is 1. The standard InChI is InChI=1S/C16H13BrN2O3S/c1-21-11-6-2-3-7-12(11)22-9-14(20)18-16-19-15-10(17)5-4-8-13(15)23-16/h2-8H,9H2,1H3,(H,18,19,20). The van der Waals surface area contributed by atoms with E-state index in [1.54, 1.807) is 19.2 Å². The van der Waals surface area contributed by atoms with Crippen LogP contribution in [0.4, 0.5) is 5.13 Å². The number of hydrogen-bond acceptors (Lipinski definition) is 5. The molecule has 0 atom stereocenters. The molecule has 0 spiro atoms. The predicted octanol–water partition coefficient (Wildman–Crippen LogP) is 4.08. The Bertz CT molecular complexity index is 850. The summed E-state index contributed by atoms with van der Waals surface area (Å²) in [5.41, 5.74) is 0.832. The largest absolute Gasteiger partial charge is 0.493 e. The van der Waals surface area contributed by atoms with Crippen LogP contribution in [0.2, 0.25) is 0 Å². The van der Waals surface area contributed by atoms with E-state index in [4.69, 9.17) is 9.47 Å². The molecule has 1 heterocycles. The summed E-state index contributed by atoms with van der Waals surface area (Å²) in [6.07, 6.45) is 0. The van der Waals surface area contributed by atoms with Crippen molar-refractivity contribution in [1.29, 1.82) is 0 Å². The van der Waals surface area contributed by atoms with E-state index in [-0.39, 0.29) is 12.5 Å². The summed E-state index contributed by atoms with van der Waals surface area (Å²) in [7, 11) is 1.56. The first-order chi connectivity index (χ1) is 11.2. The number of nitrogens with zero attached hydrogens (tertiary/aromatic N) is 1. The summed E-state index contributed by atoms with van der Waals surface area (Å²) in [6.45, 7) is -0.114. The number of rotatable bonds is 5. The van der Waals surface area contributed by atoms with Gasteiger partial charge in [-0.2, -0.15) is 0 Å². The smallest absolute Gasteiger partial charge is 0.264 e. The van der Waals surface area contributed by atoms with Gasteiger partial charge in [-0.1, -0.05) is 29.5 Å². The van der Waals surface area contributed by atoms with Crippen LogP contribution in [0, 0.1) is 0 Å². The lowest BCUT2D eigenvalue weighted by Gasteiger charge is -2.09. The molecule has 0 unspecified atom stereocenters. The Balaban J connectivity index is 1.65. The van der Waals surface area contributed by atoms with Crippen LogP contribution >= 0.6 is 27.3 Å². The lowest BCUT2D eigenvalue weighted by Crippen LogP contribution is -2.20. The molecule has 3 aromatic rings. The van der Waals surface area contributed by atoms with Gasteiger partial charge in [-0.3, -0.25) is 10.1 Å². The lowest BCUT2D eigenvalue weighted by molar-refractivity contribution is -0.118. The first-order valence-corrected chi connectivity index (χ1v) is 8.39. The molecule has 23 heavy (non-hydrogen) atoms. The second kappa shape index (κ2) is 6.97. The molecule has 7 heteroatoms. The molecule has 2 aromatic carbocycles. The Morgan fingerprint density at radius 1 is 1.22 bits per heavy atom. The molecule has 0 saturated heterocycles. The Hall–Kier alpha value is -2.12. The number of ether oxygens (including phenoxy) is 2. The Morgan fingerprint density at radius 2 is 2.00 bits per heavy atom. The van der Waals surface area contributed by atoms with E-state index in [9.17, 15) is 4.79 Å². The fourth-order valence-corrected chi connectivity index (χ4v) is 3.50. The minimum Gasteiger partial charge on any atom is -0.493 e. The highest BCUT2D eigenvalue weighted by molar-refractivity contribution is 9.10. The molecule has 0 radical (unpaired) electrons. The number of methoxy groups -OCH3 is 1. The van der Waals surface area contributed by atoms with Crippen molar-refractivity contribution in [2.75, 3.05) is 19.0 Å². The van der Waals surface area contributed by atoms with Crippen molar-refractivity contribution in [1.82, 2.24) is 4.98 Å². The highest BCUT2D eigenvalue weighted by atomic mass is 79.9. The number of para-hydroxylation sites is 3. The average Bonchev–Trinajstić information content (AvgIpc) is 2.97. The van der Waals surface area contributed by atoms with Crippen molar-refractivity contribution < 1.29 is 14.3 Å². The summed E-state index contributed by atoms with van der Waals surface area (Å²) in [6, 6.07) is 13.0. The van der Waals surface area contributed by atoms with Crippen LogP contribution in [0.15, 0.2) is 46.9 Å². The van der Waals surface area contributed by atoms with E-state index in [1.807, 2.05) is 30.3 Å². The van der Waals surface area contributed by atoms with Crippen molar-refractivity contribution in [3.8, 4) is 11.5 Å². The van der Waals surface area contributed by atoms with Crippen LogP contribution in [-0.2, 0) is 4.79 Å². The highest BCUT2D eigenvalue weighted by Crippen LogP contribution is 2.31. The van der Waals surface area contributed by atoms with E-state index in [0.29, 0.717) is 16.6 Å². The maximum atomic E-state index is 12.0. The van der Waals surface area contributed by atoms with E-state index in [1.165, 1.54) is 11.3 Å². The maximum absolute atomic E-state index is 12.0. The molecular weight excluding hydrogens is 380 g/mol.